The van der Waals surface area contributed by atoms with Crippen molar-refractivity contribution in [2.45, 2.75) is 26.2 Å². The summed E-state index contributed by atoms with van der Waals surface area (Å²) in [7, 11) is 0. The smallest absolute Gasteiger partial charge is 0.310 e. The zero-order valence-electron chi connectivity index (χ0n) is 8.79. The second-order valence-corrected chi connectivity index (χ2v) is 4.37. The van der Waals surface area contributed by atoms with Gasteiger partial charge in [0.05, 0.1) is 12.5 Å². The van der Waals surface area contributed by atoms with E-state index in [1.807, 2.05) is 6.92 Å². The summed E-state index contributed by atoms with van der Waals surface area (Å²) >= 11 is 0. The third kappa shape index (κ3) is 1.78. The molecular formula is C11H19NO2. The zero-order valence-corrected chi connectivity index (χ0v) is 8.79. The molecule has 1 saturated heterocycles. The number of hydrogen-bond donors (Lipinski definition) is 1. The predicted molar refractivity (Wildman–Crippen MR) is 53.8 cm³/mol. The first kappa shape index (κ1) is 9.97. The lowest BCUT2D eigenvalue weighted by Crippen LogP contribution is -2.33. The zero-order chi connectivity index (χ0) is 9.97. The first-order chi connectivity index (χ1) is 6.83. The van der Waals surface area contributed by atoms with Gasteiger partial charge >= 0.3 is 5.97 Å². The Morgan fingerprint density at radius 3 is 2.79 bits per heavy atom. The van der Waals surface area contributed by atoms with Crippen LogP contribution in [0.3, 0.4) is 0 Å². The molecule has 1 aliphatic carbocycles. The summed E-state index contributed by atoms with van der Waals surface area (Å²) < 4.78 is 5.10. The maximum Gasteiger partial charge on any atom is 0.310 e. The van der Waals surface area contributed by atoms with Crippen molar-refractivity contribution in [2.24, 2.45) is 17.8 Å². The van der Waals surface area contributed by atoms with Crippen LogP contribution < -0.4 is 5.32 Å². The lowest BCUT2D eigenvalue weighted by Gasteiger charge is -2.33. The van der Waals surface area contributed by atoms with E-state index in [0.29, 0.717) is 12.5 Å². The Morgan fingerprint density at radius 1 is 1.43 bits per heavy atom. The summed E-state index contributed by atoms with van der Waals surface area (Å²) in [5.74, 6) is 1.46. The molecule has 1 saturated carbocycles. The van der Waals surface area contributed by atoms with E-state index in [-0.39, 0.29) is 11.9 Å². The van der Waals surface area contributed by atoms with E-state index < -0.39 is 0 Å². The first-order valence-corrected chi connectivity index (χ1v) is 5.70. The van der Waals surface area contributed by atoms with E-state index in [9.17, 15) is 4.79 Å². The molecule has 0 radical (unpaired) electrons. The van der Waals surface area contributed by atoms with Gasteiger partial charge in [-0.05, 0) is 25.3 Å². The average Bonchev–Trinajstić information content (AvgIpc) is 2.50. The summed E-state index contributed by atoms with van der Waals surface area (Å²) in [4.78, 5) is 11.6. The minimum absolute atomic E-state index is 0.00870. The fourth-order valence-electron chi connectivity index (χ4n) is 2.57. The van der Waals surface area contributed by atoms with Gasteiger partial charge in [0.2, 0.25) is 0 Å². The molecule has 0 aromatic heterocycles. The van der Waals surface area contributed by atoms with Crippen molar-refractivity contribution in [3.63, 3.8) is 0 Å². The maximum atomic E-state index is 11.6. The number of rotatable bonds is 3. The SMILES string of the molecule is CCOC(=O)[C@H]1CNC[C@@H]1C1CCC1. The normalized spacial score (nSPS) is 32.6. The lowest BCUT2D eigenvalue weighted by atomic mass is 9.72. The van der Waals surface area contributed by atoms with Crippen molar-refractivity contribution in [1.29, 1.82) is 0 Å². The molecule has 3 heteroatoms. The summed E-state index contributed by atoms with van der Waals surface area (Å²) in [5, 5.41) is 3.31. The van der Waals surface area contributed by atoms with Gasteiger partial charge in [0, 0.05) is 6.54 Å². The van der Waals surface area contributed by atoms with E-state index in [4.69, 9.17) is 4.74 Å². The standard InChI is InChI=1S/C11H19NO2/c1-2-14-11(13)10-7-12-6-9(10)8-4-3-5-8/h8-10,12H,2-7H2,1H3/t9-,10+/m1/s1. The van der Waals surface area contributed by atoms with Gasteiger partial charge in [-0.15, -0.1) is 0 Å². The number of nitrogens with one attached hydrogen (secondary N) is 1. The van der Waals surface area contributed by atoms with Crippen LogP contribution in [0.2, 0.25) is 0 Å². The Kier molecular flexibility index (Phi) is 3.06. The van der Waals surface area contributed by atoms with Gasteiger partial charge in [-0.2, -0.15) is 0 Å². The van der Waals surface area contributed by atoms with Crippen molar-refractivity contribution in [2.75, 3.05) is 19.7 Å². The fourth-order valence-corrected chi connectivity index (χ4v) is 2.57. The second kappa shape index (κ2) is 4.30. The summed E-state index contributed by atoms with van der Waals surface area (Å²) in [6.07, 6.45) is 3.96. The molecule has 0 bridgehead atoms. The topological polar surface area (TPSA) is 38.3 Å². The third-order valence-electron chi connectivity index (χ3n) is 3.61. The first-order valence-electron chi connectivity index (χ1n) is 5.70. The minimum Gasteiger partial charge on any atom is -0.466 e. The molecule has 2 rings (SSSR count). The fraction of sp³-hybridized carbons (Fsp3) is 0.909. The molecule has 2 aliphatic rings. The van der Waals surface area contributed by atoms with E-state index in [1.165, 1.54) is 19.3 Å². The Hall–Kier alpha value is -0.570. The van der Waals surface area contributed by atoms with Crippen LogP contribution in [0.1, 0.15) is 26.2 Å². The molecule has 1 N–H and O–H groups in total. The predicted octanol–water partition coefficient (Wildman–Crippen LogP) is 1.19. The Morgan fingerprint density at radius 2 is 2.21 bits per heavy atom. The van der Waals surface area contributed by atoms with Gasteiger partial charge in [-0.3, -0.25) is 4.79 Å². The van der Waals surface area contributed by atoms with Gasteiger partial charge in [0.15, 0.2) is 0 Å². The van der Waals surface area contributed by atoms with Crippen LogP contribution in [0, 0.1) is 17.8 Å². The Balaban J connectivity index is 1.92. The number of carbonyl (C=O) groups excluding carboxylic acids is 1. The molecular weight excluding hydrogens is 178 g/mol. The highest BCUT2D eigenvalue weighted by atomic mass is 16.5. The molecule has 0 aromatic rings. The molecule has 0 spiro atoms. The van der Waals surface area contributed by atoms with Crippen molar-refractivity contribution in [3.05, 3.63) is 0 Å². The van der Waals surface area contributed by atoms with E-state index in [1.54, 1.807) is 0 Å². The van der Waals surface area contributed by atoms with Gasteiger partial charge in [-0.25, -0.2) is 0 Å². The van der Waals surface area contributed by atoms with Gasteiger partial charge in [-0.1, -0.05) is 19.3 Å². The Labute approximate surface area is 85.2 Å². The lowest BCUT2D eigenvalue weighted by molar-refractivity contribution is -0.149. The van der Waals surface area contributed by atoms with Crippen molar-refractivity contribution < 1.29 is 9.53 Å². The molecule has 2 fully saturated rings. The Bertz CT molecular complexity index is 213. The highest BCUT2D eigenvalue weighted by molar-refractivity contribution is 5.73. The van der Waals surface area contributed by atoms with E-state index in [2.05, 4.69) is 5.32 Å². The number of ether oxygens (including phenoxy) is 1. The van der Waals surface area contributed by atoms with Gasteiger partial charge < -0.3 is 10.1 Å². The van der Waals surface area contributed by atoms with Gasteiger partial charge in [0.25, 0.3) is 0 Å². The highest BCUT2D eigenvalue weighted by Gasteiger charge is 2.40. The molecule has 1 heterocycles. The van der Waals surface area contributed by atoms with E-state index in [0.717, 1.165) is 19.0 Å². The molecule has 0 aromatic carbocycles. The molecule has 3 nitrogen and oxygen atoms in total. The van der Waals surface area contributed by atoms with Crippen LogP contribution in [-0.4, -0.2) is 25.7 Å². The average molecular weight is 197 g/mol. The van der Waals surface area contributed by atoms with Crippen LogP contribution in [0.25, 0.3) is 0 Å². The molecule has 14 heavy (non-hydrogen) atoms. The van der Waals surface area contributed by atoms with Crippen LogP contribution in [0.5, 0.6) is 0 Å². The van der Waals surface area contributed by atoms with Gasteiger partial charge in [0.1, 0.15) is 0 Å². The summed E-state index contributed by atoms with van der Waals surface area (Å²) in [6.45, 7) is 4.21. The second-order valence-electron chi connectivity index (χ2n) is 4.37. The highest BCUT2D eigenvalue weighted by Crippen LogP contribution is 2.39. The largest absolute Gasteiger partial charge is 0.466 e. The molecule has 80 valence electrons. The van der Waals surface area contributed by atoms with Crippen molar-refractivity contribution in [3.8, 4) is 0 Å². The minimum atomic E-state index is 0.00870. The van der Waals surface area contributed by atoms with Crippen LogP contribution in [0.15, 0.2) is 0 Å². The molecule has 2 atom stereocenters. The van der Waals surface area contributed by atoms with Crippen LogP contribution >= 0.6 is 0 Å². The molecule has 1 aliphatic heterocycles. The third-order valence-corrected chi connectivity index (χ3v) is 3.61. The van der Waals surface area contributed by atoms with E-state index >= 15 is 0 Å². The molecule has 0 amide bonds. The summed E-state index contributed by atoms with van der Waals surface area (Å²) in [6, 6.07) is 0. The number of hydrogen-bond acceptors (Lipinski definition) is 3. The summed E-state index contributed by atoms with van der Waals surface area (Å²) in [5.41, 5.74) is 0. The monoisotopic (exact) mass is 197 g/mol. The van der Waals surface area contributed by atoms with Crippen molar-refractivity contribution in [1.82, 2.24) is 5.32 Å². The van der Waals surface area contributed by atoms with Crippen LogP contribution in [0.4, 0.5) is 0 Å². The quantitative estimate of drug-likeness (QED) is 0.691. The van der Waals surface area contributed by atoms with Crippen LogP contribution in [-0.2, 0) is 9.53 Å². The molecule has 0 unspecified atom stereocenters. The number of carbonyl (C=O) groups is 1. The number of esters is 1. The van der Waals surface area contributed by atoms with Crippen molar-refractivity contribution >= 4 is 5.97 Å². The maximum absolute atomic E-state index is 11.6.